The Hall–Kier alpha value is -0.740. The predicted molar refractivity (Wildman–Crippen MR) is 54.5 cm³/mol. The molecule has 0 bridgehead atoms. The van der Waals surface area contributed by atoms with E-state index in [0.717, 1.165) is 25.9 Å². The van der Waals surface area contributed by atoms with Crippen LogP contribution in [0, 0.1) is 0 Å². The van der Waals surface area contributed by atoms with Gasteiger partial charge >= 0.3 is 0 Å². The lowest BCUT2D eigenvalue weighted by atomic mass is 10.0. The van der Waals surface area contributed by atoms with Crippen molar-refractivity contribution in [1.29, 1.82) is 0 Å². The molecule has 2 aliphatic rings. The highest BCUT2D eigenvalue weighted by Crippen LogP contribution is 2.28. The molecule has 4 heteroatoms. The number of likely N-dealkylation sites (tertiary alicyclic amines) is 1. The van der Waals surface area contributed by atoms with Crippen molar-refractivity contribution in [3.8, 4) is 0 Å². The van der Waals surface area contributed by atoms with Gasteiger partial charge in [0, 0.05) is 6.42 Å². The first kappa shape index (κ1) is 10.8. The molecule has 1 aliphatic heterocycles. The van der Waals surface area contributed by atoms with Gasteiger partial charge in [0.1, 0.15) is 5.60 Å². The van der Waals surface area contributed by atoms with Crippen LogP contribution in [-0.2, 0) is 9.59 Å². The monoisotopic (exact) mass is 211 g/mol. The third-order valence-corrected chi connectivity index (χ3v) is 3.44. The summed E-state index contributed by atoms with van der Waals surface area (Å²) < 4.78 is 0. The molecule has 2 unspecified atom stereocenters. The Kier molecular flexibility index (Phi) is 2.64. The van der Waals surface area contributed by atoms with E-state index in [4.69, 9.17) is 0 Å². The Morgan fingerprint density at radius 2 is 1.87 bits per heavy atom. The summed E-state index contributed by atoms with van der Waals surface area (Å²) >= 11 is 0. The summed E-state index contributed by atoms with van der Waals surface area (Å²) in [6.07, 6.45) is 3.63. The van der Waals surface area contributed by atoms with Crippen LogP contribution in [0.4, 0.5) is 0 Å². The maximum absolute atomic E-state index is 11.7. The summed E-state index contributed by atoms with van der Waals surface area (Å²) in [4.78, 5) is 25.2. The second-order valence-electron chi connectivity index (χ2n) is 4.78. The van der Waals surface area contributed by atoms with Crippen molar-refractivity contribution in [3.05, 3.63) is 0 Å². The molecule has 2 fully saturated rings. The molecule has 2 atom stereocenters. The minimum absolute atomic E-state index is 0.269. The molecular formula is C11H17NO3. The molecule has 1 saturated carbocycles. The molecule has 0 amide bonds. The highest BCUT2D eigenvalue weighted by molar-refractivity contribution is 6.44. The fourth-order valence-electron chi connectivity index (χ4n) is 2.50. The number of hydrogen-bond acceptors (Lipinski definition) is 4. The Morgan fingerprint density at radius 3 is 2.33 bits per heavy atom. The summed E-state index contributed by atoms with van der Waals surface area (Å²) in [6.45, 7) is 3.19. The Balaban J connectivity index is 2.11. The minimum Gasteiger partial charge on any atom is -0.382 e. The van der Waals surface area contributed by atoms with Crippen LogP contribution < -0.4 is 0 Å². The molecule has 1 aliphatic carbocycles. The highest BCUT2D eigenvalue weighted by atomic mass is 16.3. The number of rotatable bonds is 1. The number of nitrogens with zero attached hydrogens (tertiary/aromatic N) is 1. The van der Waals surface area contributed by atoms with E-state index < -0.39 is 17.2 Å². The van der Waals surface area contributed by atoms with Crippen LogP contribution in [-0.4, -0.2) is 46.3 Å². The number of carbonyl (C=O) groups excluding carboxylic acids is 2. The van der Waals surface area contributed by atoms with E-state index in [2.05, 4.69) is 0 Å². The van der Waals surface area contributed by atoms with Crippen molar-refractivity contribution < 1.29 is 14.7 Å². The first-order chi connectivity index (χ1) is 7.02. The molecule has 84 valence electrons. The topological polar surface area (TPSA) is 57.6 Å². The molecule has 4 nitrogen and oxygen atoms in total. The third kappa shape index (κ3) is 1.84. The molecule has 2 rings (SSSR count). The summed E-state index contributed by atoms with van der Waals surface area (Å²) in [7, 11) is 0. The highest BCUT2D eigenvalue weighted by Gasteiger charge is 2.50. The molecule has 0 spiro atoms. The van der Waals surface area contributed by atoms with E-state index in [-0.39, 0.29) is 12.5 Å². The Labute approximate surface area is 89.3 Å². The van der Waals surface area contributed by atoms with Crippen LogP contribution in [0.3, 0.4) is 0 Å². The number of hydrogen-bond donors (Lipinski definition) is 1. The van der Waals surface area contributed by atoms with Gasteiger partial charge in [0.15, 0.2) is 0 Å². The molecule has 0 aromatic carbocycles. The van der Waals surface area contributed by atoms with E-state index in [1.807, 2.05) is 4.90 Å². The summed E-state index contributed by atoms with van der Waals surface area (Å²) in [5, 5.41) is 9.74. The predicted octanol–water partition coefficient (Wildman–Crippen LogP) is 0.134. The lowest BCUT2D eigenvalue weighted by molar-refractivity contribution is -0.142. The average Bonchev–Trinajstić information content (AvgIpc) is 2.44. The summed E-state index contributed by atoms with van der Waals surface area (Å²) in [5.41, 5.74) is -1.43. The van der Waals surface area contributed by atoms with Gasteiger partial charge in [0.05, 0.1) is 6.04 Å². The molecule has 1 N–H and O–H groups in total. The van der Waals surface area contributed by atoms with Crippen LogP contribution in [0.5, 0.6) is 0 Å². The fourth-order valence-corrected chi connectivity index (χ4v) is 2.50. The van der Waals surface area contributed by atoms with Crippen LogP contribution in [0.2, 0.25) is 0 Å². The number of Topliss-reactive ketones (excluding diaryl/α,β-unsaturated/α-hetero) is 2. The second-order valence-corrected chi connectivity index (χ2v) is 4.78. The van der Waals surface area contributed by atoms with Crippen molar-refractivity contribution in [3.63, 3.8) is 0 Å². The molecule has 1 saturated heterocycles. The van der Waals surface area contributed by atoms with E-state index >= 15 is 0 Å². The molecular weight excluding hydrogens is 194 g/mol. The van der Waals surface area contributed by atoms with E-state index in [1.54, 1.807) is 0 Å². The van der Waals surface area contributed by atoms with Gasteiger partial charge in [-0.3, -0.25) is 14.5 Å². The van der Waals surface area contributed by atoms with Gasteiger partial charge < -0.3 is 5.11 Å². The number of aliphatic hydroxyl groups is 1. The maximum atomic E-state index is 11.7. The number of carbonyl (C=O) groups is 2. The lowest BCUT2D eigenvalue weighted by Crippen LogP contribution is -2.42. The smallest absolute Gasteiger partial charge is 0.231 e. The summed E-state index contributed by atoms with van der Waals surface area (Å²) in [6, 6.07) is -0.368. The summed E-state index contributed by atoms with van der Waals surface area (Å²) in [5.74, 6) is -1.01. The molecule has 0 aromatic rings. The van der Waals surface area contributed by atoms with Crippen LogP contribution in [0.25, 0.3) is 0 Å². The zero-order valence-corrected chi connectivity index (χ0v) is 9.03. The van der Waals surface area contributed by atoms with Crippen LogP contribution in [0.15, 0.2) is 0 Å². The van der Waals surface area contributed by atoms with Gasteiger partial charge in [0.2, 0.25) is 11.6 Å². The quantitative estimate of drug-likeness (QED) is 0.626. The van der Waals surface area contributed by atoms with Gasteiger partial charge in [-0.25, -0.2) is 0 Å². The van der Waals surface area contributed by atoms with Crippen molar-refractivity contribution in [2.45, 2.75) is 44.2 Å². The van der Waals surface area contributed by atoms with Crippen molar-refractivity contribution >= 4 is 11.6 Å². The molecule has 1 heterocycles. The van der Waals surface area contributed by atoms with E-state index in [0.29, 0.717) is 0 Å². The normalized spacial score (nSPS) is 38.7. The van der Waals surface area contributed by atoms with Crippen molar-refractivity contribution in [1.82, 2.24) is 4.90 Å². The van der Waals surface area contributed by atoms with E-state index in [1.165, 1.54) is 13.3 Å². The molecule has 0 radical (unpaired) electrons. The van der Waals surface area contributed by atoms with Gasteiger partial charge in [-0.2, -0.15) is 0 Å². The van der Waals surface area contributed by atoms with Gasteiger partial charge in [-0.1, -0.05) is 6.42 Å². The van der Waals surface area contributed by atoms with Crippen LogP contribution in [0.1, 0.15) is 32.6 Å². The van der Waals surface area contributed by atoms with Gasteiger partial charge in [-0.05, 0) is 32.9 Å². The first-order valence-electron chi connectivity index (χ1n) is 5.57. The number of piperidine rings is 1. The minimum atomic E-state index is -1.43. The van der Waals surface area contributed by atoms with Gasteiger partial charge in [0.25, 0.3) is 0 Å². The zero-order valence-electron chi connectivity index (χ0n) is 9.03. The number of ketones is 2. The largest absolute Gasteiger partial charge is 0.382 e. The van der Waals surface area contributed by atoms with Gasteiger partial charge in [-0.15, -0.1) is 0 Å². The Bertz CT molecular complexity index is 292. The molecule has 15 heavy (non-hydrogen) atoms. The fraction of sp³-hybridized carbons (Fsp3) is 0.818. The zero-order chi connectivity index (χ0) is 11.1. The van der Waals surface area contributed by atoms with E-state index in [9.17, 15) is 14.7 Å². The van der Waals surface area contributed by atoms with Crippen molar-refractivity contribution in [2.24, 2.45) is 0 Å². The maximum Gasteiger partial charge on any atom is 0.231 e. The standard InChI is InChI=1S/C11H17NO3/c1-11(15)7-8(9(13)10(11)14)12-5-3-2-4-6-12/h8,15H,2-7H2,1H3. The SMILES string of the molecule is CC1(O)CC(N2CCCCC2)C(=O)C1=O. The second kappa shape index (κ2) is 3.68. The molecule has 0 aromatic heterocycles. The lowest BCUT2D eigenvalue weighted by Gasteiger charge is -2.31. The van der Waals surface area contributed by atoms with Crippen LogP contribution >= 0.6 is 0 Å². The van der Waals surface area contributed by atoms with Crippen molar-refractivity contribution in [2.75, 3.05) is 13.1 Å². The first-order valence-corrected chi connectivity index (χ1v) is 5.57. The average molecular weight is 211 g/mol. The third-order valence-electron chi connectivity index (χ3n) is 3.44. The Morgan fingerprint density at radius 1 is 1.27 bits per heavy atom.